The molecule has 2 aromatic heterocycles. The van der Waals surface area contributed by atoms with E-state index in [1.54, 1.807) is 0 Å². The number of nitrogens with one attached hydrogen (secondary N) is 1. The van der Waals surface area contributed by atoms with Crippen molar-refractivity contribution in [3.8, 4) is 5.88 Å². The van der Waals surface area contributed by atoms with E-state index in [-0.39, 0.29) is 29.0 Å². The van der Waals surface area contributed by atoms with Crippen LogP contribution in [0.3, 0.4) is 0 Å². The van der Waals surface area contributed by atoms with Gasteiger partial charge in [-0.25, -0.2) is 4.98 Å². The molecule has 3 heterocycles. The van der Waals surface area contributed by atoms with Crippen LogP contribution >= 0.6 is 0 Å². The molecule has 0 unspecified atom stereocenters. The molecule has 2 aromatic rings. The molecule has 0 radical (unpaired) electrons. The Morgan fingerprint density at radius 1 is 1.15 bits per heavy atom. The molecule has 4 rings (SSSR count). The van der Waals surface area contributed by atoms with Gasteiger partial charge in [0, 0.05) is 6.04 Å². The predicted molar refractivity (Wildman–Crippen MR) is 90.5 cm³/mol. The van der Waals surface area contributed by atoms with Crippen LogP contribution in [0.25, 0.3) is 11.2 Å². The van der Waals surface area contributed by atoms with Gasteiger partial charge in [-0.05, 0) is 12.8 Å². The number of hydrogen-bond acceptors (Lipinski definition) is 9. The molecule has 2 aliphatic rings. The predicted octanol–water partition coefficient (Wildman–Crippen LogP) is -0.112. The molecule has 2 fully saturated rings. The van der Waals surface area contributed by atoms with Gasteiger partial charge in [-0.2, -0.15) is 9.97 Å². The monoisotopic (exact) mass is 365 g/mol. The third kappa shape index (κ3) is 2.98. The van der Waals surface area contributed by atoms with Crippen molar-refractivity contribution in [2.24, 2.45) is 0 Å². The van der Waals surface area contributed by atoms with Crippen LogP contribution in [0, 0.1) is 0 Å². The number of imidazole rings is 1. The Hall–Kier alpha value is -2.01. The number of aromatic nitrogens is 4. The molecule has 1 aliphatic heterocycles. The minimum absolute atomic E-state index is 0.178. The largest absolute Gasteiger partial charge is 0.492 e. The fraction of sp³-hybridized carbons (Fsp3) is 0.688. The van der Waals surface area contributed by atoms with Crippen LogP contribution in [-0.2, 0) is 4.74 Å². The maximum Gasteiger partial charge on any atom is 0.244 e. The quantitative estimate of drug-likeness (QED) is 0.501. The fourth-order valence-electron chi connectivity index (χ4n) is 3.69. The Morgan fingerprint density at radius 2 is 1.92 bits per heavy atom. The molecule has 10 heteroatoms. The van der Waals surface area contributed by atoms with Crippen molar-refractivity contribution in [1.82, 2.24) is 19.5 Å². The number of ether oxygens (including phenoxy) is 1. The first-order valence-corrected chi connectivity index (χ1v) is 8.91. The van der Waals surface area contributed by atoms with Gasteiger partial charge in [0.2, 0.25) is 11.8 Å². The van der Waals surface area contributed by atoms with Crippen molar-refractivity contribution in [1.29, 1.82) is 0 Å². The Kier molecular flexibility index (Phi) is 4.65. The van der Waals surface area contributed by atoms with E-state index in [0.29, 0.717) is 0 Å². The normalized spacial score (nSPS) is 30.1. The number of aliphatic hydroxyl groups excluding tert-OH is 3. The van der Waals surface area contributed by atoms with Crippen LogP contribution in [0.1, 0.15) is 38.3 Å². The van der Waals surface area contributed by atoms with E-state index in [9.17, 15) is 20.4 Å². The zero-order chi connectivity index (χ0) is 18.3. The summed E-state index contributed by atoms with van der Waals surface area (Å²) in [5.74, 6) is 0.0224. The van der Waals surface area contributed by atoms with E-state index in [4.69, 9.17) is 4.74 Å². The summed E-state index contributed by atoms with van der Waals surface area (Å²) in [6.45, 7) is -0.421. The second-order valence-corrected chi connectivity index (χ2v) is 6.90. The summed E-state index contributed by atoms with van der Waals surface area (Å²) < 4.78 is 6.96. The third-order valence-electron chi connectivity index (χ3n) is 5.13. The first kappa shape index (κ1) is 17.4. The maximum absolute atomic E-state index is 10.2. The Balaban J connectivity index is 1.66. The summed E-state index contributed by atoms with van der Waals surface area (Å²) in [6.07, 6.45) is 2.58. The average Bonchev–Trinajstić information content (AvgIpc) is 3.18. The molecule has 0 bridgehead atoms. The lowest BCUT2D eigenvalue weighted by atomic mass is 9.96. The standard InChI is InChI=1S/C16H23N5O5/c22-6-9-11(23)12(24)15(26-9)21-7-17-10-13(21)19-16(20-14(10)25)18-8-4-2-1-3-5-8/h7-9,11-12,15,22-24H,1-6H2,(H2,18,19,20,25)/t9-,11-,12-,15-/m1/s1. The summed E-state index contributed by atoms with van der Waals surface area (Å²) in [6, 6.07) is 0.255. The topological polar surface area (TPSA) is 146 Å². The van der Waals surface area contributed by atoms with Gasteiger partial charge in [-0.3, -0.25) is 4.57 Å². The first-order valence-electron chi connectivity index (χ1n) is 8.91. The van der Waals surface area contributed by atoms with Crippen LogP contribution in [0.2, 0.25) is 0 Å². The maximum atomic E-state index is 10.2. The Labute approximate surface area is 149 Å². The molecule has 26 heavy (non-hydrogen) atoms. The highest BCUT2D eigenvalue weighted by molar-refractivity contribution is 5.77. The Morgan fingerprint density at radius 3 is 2.62 bits per heavy atom. The highest BCUT2D eigenvalue weighted by Gasteiger charge is 2.44. The van der Waals surface area contributed by atoms with Gasteiger partial charge in [0.15, 0.2) is 17.4 Å². The van der Waals surface area contributed by atoms with E-state index in [1.165, 1.54) is 17.3 Å². The van der Waals surface area contributed by atoms with Crippen LogP contribution < -0.4 is 5.32 Å². The van der Waals surface area contributed by atoms with E-state index in [0.717, 1.165) is 25.7 Å². The third-order valence-corrected chi connectivity index (χ3v) is 5.13. The van der Waals surface area contributed by atoms with Gasteiger partial charge in [0.25, 0.3) is 0 Å². The van der Waals surface area contributed by atoms with Gasteiger partial charge in [0.1, 0.15) is 18.3 Å². The van der Waals surface area contributed by atoms with Crippen molar-refractivity contribution in [3.63, 3.8) is 0 Å². The van der Waals surface area contributed by atoms with Gasteiger partial charge >= 0.3 is 0 Å². The zero-order valence-corrected chi connectivity index (χ0v) is 14.2. The summed E-state index contributed by atoms with van der Waals surface area (Å²) in [4.78, 5) is 12.6. The number of hydrogen-bond donors (Lipinski definition) is 5. The van der Waals surface area contributed by atoms with Crippen molar-refractivity contribution < 1.29 is 25.2 Å². The molecule has 1 saturated carbocycles. The number of rotatable bonds is 4. The minimum atomic E-state index is -1.25. The SMILES string of the molecule is OC[C@H]1O[C@@H](n2cnc3c(O)nc(NC4CCCCC4)nc32)[C@H](O)[C@@H]1O. The van der Waals surface area contributed by atoms with Crippen molar-refractivity contribution in [3.05, 3.63) is 6.33 Å². The van der Waals surface area contributed by atoms with Crippen LogP contribution in [0.5, 0.6) is 5.88 Å². The lowest BCUT2D eigenvalue weighted by Gasteiger charge is -2.23. The van der Waals surface area contributed by atoms with Crippen molar-refractivity contribution >= 4 is 17.1 Å². The second kappa shape index (κ2) is 6.95. The second-order valence-electron chi connectivity index (χ2n) is 6.90. The smallest absolute Gasteiger partial charge is 0.244 e. The minimum Gasteiger partial charge on any atom is -0.492 e. The summed E-state index contributed by atoms with van der Waals surface area (Å²) >= 11 is 0. The van der Waals surface area contributed by atoms with Crippen molar-refractivity contribution in [2.45, 2.75) is 62.7 Å². The lowest BCUT2D eigenvalue weighted by molar-refractivity contribution is -0.0511. The van der Waals surface area contributed by atoms with E-state index >= 15 is 0 Å². The molecular formula is C16H23N5O5. The summed E-state index contributed by atoms with van der Waals surface area (Å²) in [5, 5.41) is 42.9. The average molecular weight is 365 g/mol. The highest BCUT2D eigenvalue weighted by Crippen LogP contribution is 2.33. The molecule has 10 nitrogen and oxygen atoms in total. The summed E-state index contributed by atoms with van der Waals surface area (Å²) in [5.41, 5.74) is 0.461. The zero-order valence-electron chi connectivity index (χ0n) is 14.2. The molecule has 0 aromatic carbocycles. The number of fused-ring (bicyclic) bond motifs is 1. The Bertz CT molecular complexity index is 778. The molecule has 4 atom stereocenters. The molecule has 1 saturated heterocycles. The van der Waals surface area contributed by atoms with Crippen LogP contribution in [0.4, 0.5) is 5.95 Å². The molecule has 0 spiro atoms. The highest BCUT2D eigenvalue weighted by atomic mass is 16.6. The number of aromatic hydroxyl groups is 1. The van der Waals surface area contributed by atoms with Crippen LogP contribution in [0.15, 0.2) is 6.33 Å². The number of anilines is 1. The molecule has 1 aliphatic carbocycles. The fourth-order valence-corrected chi connectivity index (χ4v) is 3.69. The van der Waals surface area contributed by atoms with Crippen molar-refractivity contribution in [2.75, 3.05) is 11.9 Å². The molecule has 5 N–H and O–H groups in total. The van der Waals surface area contributed by atoms with Crippen LogP contribution in [-0.4, -0.2) is 70.9 Å². The molecular weight excluding hydrogens is 342 g/mol. The van der Waals surface area contributed by atoms with E-state index in [2.05, 4.69) is 20.3 Å². The summed E-state index contributed by atoms with van der Waals surface area (Å²) in [7, 11) is 0. The van der Waals surface area contributed by atoms with E-state index < -0.39 is 31.1 Å². The lowest BCUT2D eigenvalue weighted by Crippen LogP contribution is -2.33. The first-order chi connectivity index (χ1) is 12.6. The van der Waals surface area contributed by atoms with E-state index in [1.807, 2.05) is 0 Å². The molecule has 0 amide bonds. The number of aliphatic hydroxyl groups is 3. The van der Waals surface area contributed by atoms with Gasteiger partial charge in [-0.15, -0.1) is 0 Å². The number of nitrogens with zero attached hydrogens (tertiary/aromatic N) is 4. The van der Waals surface area contributed by atoms with Gasteiger partial charge in [-0.1, -0.05) is 19.3 Å². The van der Waals surface area contributed by atoms with Gasteiger partial charge < -0.3 is 30.5 Å². The molecule has 142 valence electrons. The van der Waals surface area contributed by atoms with Gasteiger partial charge in [0.05, 0.1) is 12.9 Å².